The average Bonchev–Trinajstić information content (AvgIpc) is 2.69. The van der Waals surface area contributed by atoms with Crippen LogP contribution in [0, 0.1) is 0 Å². The zero-order valence-corrected chi connectivity index (χ0v) is 11.2. The van der Waals surface area contributed by atoms with E-state index in [4.69, 9.17) is 11.6 Å². The molecule has 2 rings (SSSR count). The van der Waals surface area contributed by atoms with Crippen LogP contribution in [0.4, 0.5) is 13.2 Å². The largest absolute Gasteiger partial charge is 0.573 e. The van der Waals surface area contributed by atoms with Crippen molar-refractivity contribution in [2.45, 2.75) is 26.1 Å². The molecule has 20 heavy (non-hydrogen) atoms. The van der Waals surface area contributed by atoms with E-state index in [-0.39, 0.29) is 11.0 Å². The Morgan fingerprint density at radius 3 is 2.70 bits per heavy atom. The zero-order chi connectivity index (χ0) is 14.8. The lowest BCUT2D eigenvalue weighted by Gasteiger charge is -2.11. The van der Waals surface area contributed by atoms with Crippen molar-refractivity contribution in [1.82, 2.24) is 14.8 Å². The SMILES string of the molecule is CCCc1nnc(Cl)n1-c1cccc(OC(F)(F)F)c1. The van der Waals surface area contributed by atoms with E-state index < -0.39 is 6.36 Å². The van der Waals surface area contributed by atoms with Gasteiger partial charge >= 0.3 is 6.36 Å². The Kier molecular flexibility index (Phi) is 4.17. The molecule has 0 aliphatic carbocycles. The second-order valence-corrected chi connectivity index (χ2v) is 4.35. The molecule has 1 heterocycles. The van der Waals surface area contributed by atoms with Crippen LogP contribution in [0.3, 0.4) is 0 Å². The summed E-state index contributed by atoms with van der Waals surface area (Å²) >= 11 is 5.93. The van der Waals surface area contributed by atoms with Crippen LogP contribution in [0.15, 0.2) is 24.3 Å². The van der Waals surface area contributed by atoms with Crippen molar-refractivity contribution < 1.29 is 17.9 Å². The molecule has 1 aromatic heterocycles. The number of rotatable bonds is 4. The van der Waals surface area contributed by atoms with Crippen molar-refractivity contribution in [2.75, 3.05) is 0 Å². The van der Waals surface area contributed by atoms with E-state index in [0.29, 0.717) is 17.9 Å². The molecule has 0 saturated carbocycles. The minimum Gasteiger partial charge on any atom is -0.406 e. The molecule has 2 aromatic rings. The molecule has 0 unspecified atom stereocenters. The van der Waals surface area contributed by atoms with E-state index >= 15 is 0 Å². The van der Waals surface area contributed by atoms with Crippen molar-refractivity contribution in [2.24, 2.45) is 0 Å². The van der Waals surface area contributed by atoms with Gasteiger partial charge in [-0.25, -0.2) is 0 Å². The van der Waals surface area contributed by atoms with Crippen LogP contribution >= 0.6 is 11.6 Å². The number of halogens is 4. The van der Waals surface area contributed by atoms with Crippen LogP contribution in [0.2, 0.25) is 5.28 Å². The number of aromatic nitrogens is 3. The van der Waals surface area contributed by atoms with Gasteiger partial charge in [0.15, 0.2) is 0 Å². The fourth-order valence-corrected chi connectivity index (χ4v) is 1.99. The molecule has 0 saturated heterocycles. The lowest BCUT2D eigenvalue weighted by atomic mass is 10.2. The molecular formula is C12H11ClF3N3O. The third kappa shape index (κ3) is 3.41. The Labute approximate surface area is 118 Å². The van der Waals surface area contributed by atoms with E-state index in [1.807, 2.05) is 6.92 Å². The predicted octanol–water partition coefficient (Wildman–Crippen LogP) is 3.77. The molecule has 0 spiro atoms. The molecule has 1 aromatic carbocycles. The van der Waals surface area contributed by atoms with Gasteiger partial charge in [0.2, 0.25) is 5.28 Å². The second-order valence-electron chi connectivity index (χ2n) is 4.02. The maximum Gasteiger partial charge on any atom is 0.573 e. The summed E-state index contributed by atoms with van der Waals surface area (Å²) in [7, 11) is 0. The Morgan fingerprint density at radius 1 is 1.30 bits per heavy atom. The standard InChI is InChI=1S/C12H11ClF3N3O/c1-2-4-10-17-18-11(13)19(10)8-5-3-6-9(7-8)20-12(14,15)16/h3,5-7H,2,4H2,1H3. The van der Waals surface area contributed by atoms with E-state index in [1.165, 1.54) is 22.8 Å². The monoisotopic (exact) mass is 305 g/mol. The van der Waals surface area contributed by atoms with Crippen LogP contribution < -0.4 is 4.74 Å². The number of benzene rings is 1. The molecule has 0 atom stereocenters. The fraction of sp³-hybridized carbons (Fsp3) is 0.333. The fourth-order valence-electron chi connectivity index (χ4n) is 1.76. The third-order valence-corrected chi connectivity index (χ3v) is 2.72. The van der Waals surface area contributed by atoms with Crippen molar-refractivity contribution >= 4 is 11.6 Å². The number of hydrogen-bond donors (Lipinski definition) is 0. The number of alkyl halides is 3. The molecule has 0 aliphatic rings. The van der Waals surface area contributed by atoms with Crippen LogP contribution in [0.25, 0.3) is 5.69 Å². The summed E-state index contributed by atoms with van der Waals surface area (Å²) in [4.78, 5) is 0. The highest BCUT2D eigenvalue weighted by Gasteiger charge is 2.31. The first-order valence-corrected chi connectivity index (χ1v) is 6.24. The van der Waals surface area contributed by atoms with Crippen molar-refractivity contribution in [1.29, 1.82) is 0 Å². The summed E-state index contributed by atoms with van der Waals surface area (Å²) in [6, 6.07) is 5.51. The third-order valence-electron chi connectivity index (χ3n) is 2.47. The van der Waals surface area contributed by atoms with Gasteiger partial charge in [-0.15, -0.1) is 23.4 Å². The molecule has 0 radical (unpaired) electrons. The van der Waals surface area contributed by atoms with Gasteiger partial charge in [-0.05, 0) is 30.2 Å². The van der Waals surface area contributed by atoms with E-state index in [0.717, 1.165) is 6.42 Å². The molecule has 0 bridgehead atoms. The van der Waals surface area contributed by atoms with E-state index in [9.17, 15) is 13.2 Å². The number of ether oxygens (including phenoxy) is 1. The minimum atomic E-state index is -4.73. The maximum absolute atomic E-state index is 12.2. The first-order valence-electron chi connectivity index (χ1n) is 5.86. The molecular weight excluding hydrogens is 295 g/mol. The Bertz CT molecular complexity index is 598. The highest BCUT2D eigenvalue weighted by Crippen LogP contribution is 2.26. The topological polar surface area (TPSA) is 39.9 Å². The molecule has 0 N–H and O–H groups in total. The number of hydrogen-bond acceptors (Lipinski definition) is 3. The molecule has 108 valence electrons. The predicted molar refractivity (Wildman–Crippen MR) is 67.0 cm³/mol. The maximum atomic E-state index is 12.2. The average molecular weight is 306 g/mol. The van der Waals surface area contributed by atoms with Gasteiger partial charge in [0.05, 0.1) is 5.69 Å². The minimum absolute atomic E-state index is 0.0950. The summed E-state index contributed by atoms with van der Waals surface area (Å²) in [6.45, 7) is 1.95. The molecule has 0 aliphatic heterocycles. The van der Waals surface area contributed by atoms with Gasteiger partial charge in [0, 0.05) is 12.5 Å². The molecule has 8 heteroatoms. The van der Waals surface area contributed by atoms with Gasteiger partial charge in [-0.3, -0.25) is 4.57 Å². The van der Waals surface area contributed by atoms with E-state index in [1.54, 1.807) is 6.07 Å². The highest BCUT2D eigenvalue weighted by molar-refractivity contribution is 6.28. The molecule has 0 fully saturated rings. The summed E-state index contributed by atoms with van der Waals surface area (Å²) in [6.07, 6.45) is -3.31. The van der Waals surface area contributed by atoms with Crippen LogP contribution in [0.1, 0.15) is 19.2 Å². The molecule has 4 nitrogen and oxygen atoms in total. The van der Waals surface area contributed by atoms with Gasteiger partial charge in [0.25, 0.3) is 0 Å². The summed E-state index contributed by atoms with van der Waals surface area (Å²) in [5.74, 6) is 0.267. The number of nitrogens with zero attached hydrogens (tertiary/aromatic N) is 3. The van der Waals surface area contributed by atoms with Crippen LogP contribution in [-0.4, -0.2) is 21.1 Å². The van der Waals surface area contributed by atoms with Crippen LogP contribution in [-0.2, 0) is 6.42 Å². The van der Waals surface area contributed by atoms with Gasteiger partial charge < -0.3 is 4.74 Å². The first kappa shape index (κ1) is 14.6. The quantitative estimate of drug-likeness (QED) is 0.863. The van der Waals surface area contributed by atoms with Crippen molar-refractivity contribution in [3.8, 4) is 11.4 Å². The highest BCUT2D eigenvalue weighted by atomic mass is 35.5. The second kappa shape index (κ2) is 5.70. The van der Waals surface area contributed by atoms with E-state index in [2.05, 4.69) is 14.9 Å². The smallest absolute Gasteiger partial charge is 0.406 e. The lowest BCUT2D eigenvalue weighted by Crippen LogP contribution is -2.17. The van der Waals surface area contributed by atoms with Crippen molar-refractivity contribution in [3.63, 3.8) is 0 Å². The Hall–Kier alpha value is -1.76. The summed E-state index contributed by atoms with van der Waals surface area (Å²) in [5.41, 5.74) is 0.421. The van der Waals surface area contributed by atoms with Crippen molar-refractivity contribution in [3.05, 3.63) is 35.4 Å². The number of aryl methyl sites for hydroxylation is 1. The summed E-state index contributed by atoms with van der Waals surface area (Å²) < 4.78 is 42.0. The normalized spacial score (nSPS) is 11.7. The Morgan fingerprint density at radius 2 is 2.05 bits per heavy atom. The molecule has 0 amide bonds. The van der Waals surface area contributed by atoms with Gasteiger partial charge in [0.1, 0.15) is 11.6 Å². The van der Waals surface area contributed by atoms with Crippen LogP contribution in [0.5, 0.6) is 5.75 Å². The summed E-state index contributed by atoms with van der Waals surface area (Å²) in [5, 5.41) is 7.73. The van der Waals surface area contributed by atoms with Gasteiger partial charge in [-0.2, -0.15) is 0 Å². The first-order chi connectivity index (χ1) is 9.40. The van der Waals surface area contributed by atoms with Gasteiger partial charge in [-0.1, -0.05) is 13.0 Å². The lowest BCUT2D eigenvalue weighted by molar-refractivity contribution is -0.274. The zero-order valence-electron chi connectivity index (χ0n) is 10.5. The Balaban J connectivity index is 2.38.